The first-order valence-electron chi connectivity index (χ1n) is 8.19. The normalized spacial score (nSPS) is 11.4. The zero-order chi connectivity index (χ0) is 20.7. The molecule has 1 amide bonds. The van der Waals surface area contributed by atoms with E-state index in [0.29, 0.717) is 11.4 Å². The Hall–Kier alpha value is -2.75. The van der Waals surface area contributed by atoms with Crippen molar-refractivity contribution in [2.75, 3.05) is 26.5 Å². The third kappa shape index (κ3) is 5.62. The molecular weight excluding hydrogens is 398 g/mol. The summed E-state index contributed by atoms with van der Waals surface area (Å²) >= 11 is 5.11. The van der Waals surface area contributed by atoms with E-state index in [2.05, 4.69) is 10.6 Å². The van der Waals surface area contributed by atoms with Crippen molar-refractivity contribution in [2.45, 2.75) is 4.90 Å². The van der Waals surface area contributed by atoms with Crippen LogP contribution < -0.4 is 15.4 Å². The van der Waals surface area contributed by atoms with E-state index in [9.17, 15) is 13.2 Å². The molecule has 0 saturated heterocycles. The van der Waals surface area contributed by atoms with Crippen LogP contribution in [0.15, 0.2) is 59.5 Å². The summed E-state index contributed by atoms with van der Waals surface area (Å²) in [5, 5.41) is 5.46. The number of anilines is 1. The van der Waals surface area contributed by atoms with E-state index in [-0.39, 0.29) is 10.0 Å². The minimum absolute atomic E-state index is 0.0953. The topological polar surface area (TPSA) is 87.7 Å². The number of sulfonamides is 1. The molecule has 0 saturated carbocycles. The van der Waals surface area contributed by atoms with Gasteiger partial charge in [-0.15, -0.1) is 0 Å². The predicted octanol–water partition coefficient (Wildman–Crippen LogP) is 2.47. The summed E-state index contributed by atoms with van der Waals surface area (Å²) in [5.41, 5.74) is 1.31. The highest BCUT2D eigenvalue weighted by Crippen LogP contribution is 2.18. The largest absolute Gasteiger partial charge is 0.496 e. The Balaban J connectivity index is 1.96. The molecule has 0 aliphatic rings. The van der Waals surface area contributed by atoms with Crippen LogP contribution in [0.25, 0.3) is 6.08 Å². The van der Waals surface area contributed by atoms with E-state index in [1.165, 1.54) is 32.3 Å². The summed E-state index contributed by atoms with van der Waals surface area (Å²) in [5.74, 6) is 0.246. The number of rotatable bonds is 6. The number of nitrogens with one attached hydrogen (secondary N) is 2. The maximum atomic E-state index is 12.1. The molecule has 0 aromatic heterocycles. The molecule has 2 rings (SSSR count). The van der Waals surface area contributed by atoms with Gasteiger partial charge < -0.3 is 10.1 Å². The smallest absolute Gasteiger partial charge is 0.250 e. The first kappa shape index (κ1) is 21.5. The Morgan fingerprint density at radius 2 is 1.75 bits per heavy atom. The van der Waals surface area contributed by atoms with Crippen LogP contribution in [0.3, 0.4) is 0 Å². The fourth-order valence-corrected chi connectivity index (χ4v) is 3.33. The zero-order valence-corrected chi connectivity index (χ0v) is 17.3. The summed E-state index contributed by atoms with van der Waals surface area (Å²) in [7, 11) is 0.985. The highest BCUT2D eigenvalue weighted by molar-refractivity contribution is 7.89. The molecule has 2 aromatic rings. The van der Waals surface area contributed by atoms with Gasteiger partial charge in [0.05, 0.1) is 12.0 Å². The van der Waals surface area contributed by atoms with E-state index in [4.69, 9.17) is 17.0 Å². The molecule has 0 radical (unpaired) electrons. The van der Waals surface area contributed by atoms with E-state index < -0.39 is 15.9 Å². The van der Waals surface area contributed by atoms with Crippen LogP contribution in [0, 0.1) is 0 Å². The lowest BCUT2D eigenvalue weighted by atomic mass is 10.2. The van der Waals surface area contributed by atoms with Crippen molar-refractivity contribution >= 4 is 45.0 Å². The highest BCUT2D eigenvalue weighted by atomic mass is 32.2. The van der Waals surface area contributed by atoms with Crippen LogP contribution in [0.2, 0.25) is 0 Å². The van der Waals surface area contributed by atoms with Crippen LogP contribution >= 0.6 is 12.2 Å². The number of ether oxygens (including phenoxy) is 1. The standard InChI is InChI=1S/C19H21N3O4S2/c1-22(2)28(24,25)16-11-9-15(10-12-16)20-19(27)21-18(23)13-8-14-6-4-5-7-17(14)26-3/h4-13H,1-3H3,(H2,20,21,23,27)/b13-8-. The molecule has 0 fully saturated rings. The van der Waals surface area contributed by atoms with Crippen molar-refractivity contribution in [3.8, 4) is 5.75 Å². The van der Waals surface area contributed by atoms with Crippen molar-refractivity contribution in [3.05, 3.63) is 60.2 Å². The lowest BCUT2D eigenvalue weighted by molar-refractivity contribution is -0.115. The van der Waals surface area contributed by atoms with Crippen molar-refractivity contribution in [1.82, 2.24) is 9.62 Å². The number of benzene rings is 2. The predicted molar refractivity (Wildman–Crippen MR) is 114 cm³/mol. The molecule has 0 aliphatic heterocycles. The average molecular weight is 420 g/mol. The monoisotopic (exact) mass is 419 g/mol. The van der Waals surface area contributed by atoms with Crippen LogP contribution in [-0.4, -0.2) is 44.9 Å². The third-order valence-electron chi connectivity index (χ3n) is 3.68. The van der Waals surface area contributed by atoms with Gasteiger partial charge in [-0.3, -0.25) is 10.1 Å². The first-order chi connectivity index (χ1) is 13.2. The molecule has 0 spiro atoms. The van der Waals surface area contributed by atoms with Gasteiger partial charge in [-0.25, -0.2) is 12.7 Å². The Morgan fingerprint density at radius 1 is 1.11 bits per heavy atom. The van der Waals surface area contributed by atoms with Gasteiger partial charge in [0.15, 0.2) is 5.11 Å². The number of carbonyl (C=O) groups is 1. The first-order valence-corrected chi connectivity index (χ1v) is 10.0. The minimum Gasteiger partial charge on any atom is -0.496 e. The number of hydrogen-bond acceptors (Lipinski definition) is 5. The molecule has 0 aliphatic carbocycles. The van der Waals surface area contributed by atoms with Crippen molar-refractivity contribution < 1.29 is 17.9 Å². The SMILES string of the molecule is COc1ccccc1/C=C\C(=O)NC(=S)Nc1ccc(S(=O)(=O)N(C)C)cc1. The van der Waals surface area contributed by atoms with Gasteiger partial charge in [-0.1, -0.05) is 18.2 Å². The second-order valence-electron chi connectivity index (χ2n) is 5.83. The molecule has 148 valence electrons. The molecular formula is C19H21N3O4S2. The Kier molecular flexibility index (Phi) is 7.27. The van der Waals surface area contributed by atoms with Gasteiger partial charge in [0.1, 0.15) is 5.75 Å². The molecule has 2 aromatic carbocycles. The van der Waals surface area contributed by atoms with E-state index in [1.54, 1.807) is 31.4 Å². The lowest BCUT2D eigenvalue weighted by Crippen LogP contribution is -2.32. The van der Waals surface area contributed by atoms with E-state index in [0.717, 1.165) is 9.87 Å². The summed E-state index contributed by atoms with van der Waals surface area (Å²) in [4.78, 5) is 12.2. The Bertz CT molecular complexity index is 984. The van der Waals surface area contributed by atoms with Crippen molar-refractivity contribution in [1.29, 1.82) is 0 Å². The number of para-hydroxylation sites is 1. The Labute approximate surface area is 170 Å². The van der Waals surface area contributed by atoms with Gasteiger partial charge in [0, 0.05) is 31.4 Å². The minimum atomic E-state index is -3.50. The average Bonchev–Trinajstić information content (AvgIpc) is 2.66. The molecule has 9 heteroatoms. The summed E-state index contributed by atoms with van der Waals surface area (Å²) in [6, 6.07) is 13.4. The number of amides is 1. The number of hydrogen-bond donors (Lipinski definition) is 2. The van der Waals surface area contributed by atoms with Gasteiger partial charge in [-0.2, -0.15) is 0 Å². The molecule has 0 bridgehead atoms. The summed E-state index contributed by atoms with van der Waals surface area (Å²) < 4.78 is 30.5. The van der Waals surface area contributed by atoms with E-state index in [1.807, 2.05) is 18.2 Å². The van der Waals surface area contributed by atoms with Gasteiger partial charge in [-0.05, 0) is 48.6 Å². The van der Waals surface area contributed by atoms with Crippen LogP contribution in [0.1, 0.15) is 5.56 Å². The van der Waals surface area contributed by atoms with E-state index >= 15 is 0 Å². The molecule has 0 atom stereocenters. The maximum absolute atomic E-state index is 12.1. The number of carbonyl (C=O) groups excluding carboxylic acids is 1. The second kappa shape index (κ2) is 9.45. The molecule has 0 heterocycles. The lowest BCUT2D eigenvalue weighted by Gasteiger charge is -2.12. The quantitative estimate of drug-likeness (QED) is 0.553. The second-order valence-corrected chi connectivity index (χ2v) is 8.39. The molecule has 2 N–H and O–H groups in total. The highest BCUT2D eigenvalue weighted by Gasteiger charge is 2.16. The van der Waals surface area contributed by atoms with Gasteiger partial charge >= 0.3 is 0 Å². The van der Waals surface area contributed by atoms with Crippen molar-refractivity contribution in [2.24, 2.45) is 0 Å². The third-order valence-corrected chi connectivity index (χ3v) is 5.71. The van der Waals surface area contributed by atoms with Crippen LogP contribution in [0.5, 0.6) is 5.75 Å². The molecule has 28 heavy (non-hydrogen) atoms. The summed E-state index contributed by atoms with van der Waals surface area (Å²) in [6.07, 6.45) is 2.97. The number of methoxy groups -OCH3 is 1. The van der Waals surface area contributed by atoms with Crippen LogP contribution in [0.4, 0.5) is 5.69 Å². The number of nitrogens with zero attached hydrogens (tertiary/aromatic N) is 1. The molecule has 7 nitrogen and oxygen atoms in total. The maximum Gasteiger partial charge on any atom is 0.250 e. The zero-order valence-electron chi connectivity index (χ0n) is 15.7. The van der Waals surface area contributed by atoms with Gasteiger partial charge in [0.25, 0.3) is 0 Å². The van der Waals surface area contributed by atoms with Crippen molar-refractivity contribution in [3.63, 3.8) is 0 Å². The van der Waals surface area contributed by atoms with Crippen LogP contribution in [-0.2, 0) is 14.8 Å². The van der Waals surface area contributed by atoms with Gasteiger partial charge in [0.2, 0.25) is 15.9 Å². The summed E-state index contributed by atoms with van der Waals surface area (Å²) in [6.45, 7) is 0. The fourth-order valence-electron chi connectivity index (χ4n) is 2.21. The Morgan fingerprint density at radius 3 is 2.36 bits per heavy atom. The fraction of sp³-hybridized carbons (Fsp3) is 0.158. The number of thiocarbonyl (C=S) groups is 1. The molecule has 0 unspecified atom stereocenters.